The summed E-state index contributed by atoms with van der Waals surface area (Å²) in [6, 6.07) is 0. The molecule has 5 nitrogen and oxygen atoms in total. The van der Waals surface area contributed by atoms with E-state index in [4.69, 9.17) is 9.84 Å². The molecule has 0 aliphatic heterocycles. The molecule has 0 saturated heterocycles. The van der Waals surface area contributed by atoms with E-state index in [9.17, 15) is 9.90 Å². The van der Waals surface area contributed by atoms with Crippen molar-refractivity contribution in [3.05, 3.63) is 0 Å². The third kappa shape index (κ3) is 8.14. The third-order valence-electron chi connectivity index (χ3n) is 4.15. The summed E-state index contributed by atoms with van der Waals surface area (Å²) in [5.41, 5.74) is -0.867. The Morgan fingerprint density at radius 1 is 1.17 bits per heavy atom. The van der Waals surface area contributed by atoms with Crippen LogP contribution in [0.5, 0.6) is 0 Å². The molecule has 0 heterocycles. The highest BCUT2D eigenvalue weighted by molar-refractivity contribution is 14.1. The number of hydrogen-bond donors (Lipinski definition) is 2. The lowest BCUT2D eigenvalue weighted by molar-refractivity contribution is -0.167. The molecule has 0 spiro atoms. The minimum atomic E-state index is -0.763. The quantitative estimate of drug-likeness (QED) is 0.343. The van der Waals surface area contributed by atoms with Crippen molar-refractivity contribution in [1.82, 2.24) is 3.11 Å². The van der Waals surface area contributed by atoms with Crippen LogP contribution < -0.4 is 0 Å². The zero-order chi connectivity index (χ0) is 18.5. The number of esters is 1. The average molecular weight is 443 g/mol. The van der Waals surface area contributed by atoms with E-state index in [2.05, 4.69) is 20.8 Å². The Hall–Kier alpha value is 0.0800. The van der Waals surface area contributed by atoms with Crippen molar-refractivity contribution in [2.75, 3.05) is 26.3 Å². The van der Waals surface area contributed by atoms with Crippen LogP contribution in [0.25, 0.3) is 0 Å². The first kappa shape index (κ1) is 23.1. The van der Waals surface area contributed by atoms with E-state index in [1.165, 1.54) is 0 Å². The van der Waals surface area contributed by atoms with Crippen molar-refractivity contribution in [2.24, 2.45) is 16.2 Å². The van der Waals surface area contributed by atoms with Crippen molar-refractivity contribution in [3.63, 3.8) is 0 Å². The van der Waals surface area contributed by atoms with Gasteiger partial charge in [0.25, 0.3) is 0 Å². The Morgan fingerprint density at radius 2 is 1.70 bits per heavy atom. The number of hydrogen-bond acceptors (Lipinski definition) is 5. The number of nitrogens with zero attached hydrogens (tertiary/aromatic N) is 1. The van der Waals surface area contributed by atoms with Gasteiger partial charge in [-0.3, -0.25) is 4.79 Å². The predicted octanol–water partition coefficient (Wildman–Crippen LogP) is 3.02. The van der Waals surface area contributed by atoms with Crippen LogP contribution in [0.4, 0.5) is 0 Å². The normalized spacial score (nSPS) is 17.0. The summed E-state index contributed by atoms with van der Waals surface area (Å²) in [6.45, 7) is 15.2. The minimum Gasteiger partial charge on any atom is -0.462 e. The number of halogens is 1. The average Bonchev–Trinajstić information content (AvgIpc) is 2.32. The third-order valence-corrected chi connectivity index (χ3v) is 5.02. The zero-order valence-corrected chi connectivity index (χ0v) is 17.8. The lowest BCUT2D eigenvalue weighted by Crippen LogP contribution is -2.45. The maximum atomic E-state index is 12.7. The van der Waals surface area contributed by atoms with Crippen LogP contribution in [0.2, 0.25) is 0 Å². The van der Waals surface area contributed by atoms with Gasteiger partial charge in [0.2, 0.25) is 0 Å². The summed E-state index contributed by atoms with van der Waals surface area (Å²) in [5.74, 6) is -0.263. The topological polar surface area (TPSA) is 70.0 Å². The summed E-state index contributed by atoms with van der Waals surface area (Å²) >= 11 is 2.03. The number of rotatable bonds is 8. The molecule has 6 heteroatoms. The van der Waals surface area contributed by atoms with Crippen LogP contribution in [0.3, 0.4) is 0 Å². The Bertz CT molecular complexity index is 376. The molecule has 2 atom stereocenters. The van der Waals surface area contributed by atoms with Crippen LogP contribution in [0, 0.1) is 16.2 Å². The summed E-state index contributed by atoms with van der Waals surface area (Å²) in [5, 5.41) is 18.8. The number of ether oxygens (including phenoxy) is 1. The second kappa shape index (κ2) is 8.97. The molecule has 0 aromatic carbocycles. The Balaban J connectivity index is 4.81. The lowest BCUT2D eigenvalue weighted by atomic mass is 9.61. The first-order valence-corrected chi connectivity index (χ1v) is 9.06. The van der Waals surface area contributed by atoms with Crippen LogP contribution >= 0.6 is 22.9 Å². The molecule has 0 aromatic rings. The van der Waals surface area contributed by atoms with Crippen LogP contribution in [0.15, 0.2) is 0 Å². The number of carbonyl (C=O) groups excluding carboxylic acids is 1. The van der Waals surface area contributed by atoms with E-state index < -0.39 is 11.5 Å². The van der Waals surface area contributed by atoms with Gasteiger partial charge in [0.05, 0.1) is 12.0 Å². The van der Waals surface area contributed by atoms with E-state index in [0.29, 0.717) is 19.5 Å². The Kier molecular flexibility index (Phi) is 9.00. The van der Waals surface area contributed by atoms with E-state index in [0.717, 1.165) is 0 Å². The second-order valence-electron chi connectivity index (χ2n) is 8.66. The molecule has 0 rings (SSSR count). The van der Waals surface area contributed by atoms with E-state index in [1.54, 1.807) is 3.11 Å². The van der Waals surface area contributed by atoms with Gasteiger partial charge >= 0.3 is 5.97 Å². The minimum absolute atomic E-state index is 0.000198. The van der Waals surface area contributed by atoms with E-state index in [-0.39, 0.29) is 30.0 Å². The summed E-state index contributed by atoms with van der Waals surface area (Å²) < 4.78 is 7.21. The van der Waals surface area contributed by atoms with Crippen molar-refractivity contribution in [2.45, 2.75) is 61.0 Å². The Labute approximate surface area is 155 Å². The highest BCUT2D eigenvalue weighted by atomic mass is 127. The molecular weight excluding hydrogens is 409 g/mol. The van der Waals surface area contributed by atoms with Gasteiger partial charge in [-0.25, -0.2) is 3.11 Å². The van der Waals surface area contributed by atoms with Gasteiger partial charge in [0.1, 0.15) is 12.7 Å². The molecule has 0 aromatic heterocycles. The molecule has 23 heavy (non-hydrogen) atoms. The molecule has 0 amide bonds. The molecule has 0 aliphatic rings. The molecule has 0 bridgehead atoms. The lowest BCUT2D eigenvalue weighted by Gasteiger charge is -2.43. The molecule has 2 N–H and O–H groups in total. The monoisotopic (exact) mass is 443 g/mol. The number of carbonyl (C=O) groups is 1. The van der Waals surface area contributed by atoms with Gasteiger partial charge < -0.3 is 14.9 Å². The first-order chi connectivity index (χ1) is 10.2. The standard InChI is InChI=1S/C17H34INO4/c1-15(2,3)12-17(7,16(4,5)6)14(22)23-11-13(21)10-19(18)8-9-20/h13,20-21H,8-12H2,1-7H3. The molecule has 0 radical (unpaired) electrons. The van der Waals surface area contributed by atoms with E-state index >= 15 is 0 Å². The van der Waals surface area contributed by atoms with Crippen LogP contribution in [-0.2, 0) is 9.53 Å². The summed E-state index contributed by atoms with van der Waals surface area (Å²) in [4.78, 5) is 12.7. The number of aliphatic hydroxyl groups is 2. The van der Waals surface area contributed by atoms with Gasteiger partial charge in [0, 0.05) is 36.0 Å². The number of aliphatic hydroxyl groups excluding tert-OH is 2. The van der Waals surface area contributed by atoms with Crippen LogP contribution in [-0.4, -0.2) is 51.7 Å². The summed E-state index contributed by atoms with van der Waals surface area (Å²) in [7, 11) is 0. The Morgan fingerprint density at radius 3 is 2.09 bits per heavy atom. The molecule has 0 saturated carbocycles. The molecular formula is C17H34INO4. The maximum Gasteiger partial charge on any atom is 0.312 e. The highest BCUT2D eigenvalue weighted by Crippen LogP contribution is 2.47. The van der Waals surface area contributed by atoms with Gasteiger partial charge in [-0.05, 0) is 24.2 Å². The largest absolute Gasteiger partial charge is 0.462 e. The molecule has 0 aliphatic carbocycles. The molecule has 0 fully saturated rings. The predicted molar refractivity (Wildman–Crippen MR) is 101 cm³/mol. The SMILES string of the molecule is CC(C)(C)CC(C)(C(=O)OCC(O)CN(I)CCO)C(C)(C)C. The fraction of sp³-hybridized carbons (Fsp3) is 0.941. The van der Waals surface area contributed by atoms with Crippen molar-refractivity contribution in [3.8, 4) is 0 Å². The first-order valence-electron chi connectivity index (χ1n) is 8.10. The highest BCUT2D eigenvalue weighted by Gasteiger charge is 2.47. The molecule has 2 unspecified atom stereocenters. The van der Waals surface area contributed by atoms with Gasteiger partial charge in [-0.1, -0.05) is 41.5 Å². The zero-order valence-electron chi connectivity index (χ0n) is 15.6. The fourth-order valence-corrected chi connectivity index (χ4v) is 3.19. The summed E-state index contributed by atoms with van der Waals surface area (Å²) in [6.07, 6.45) is -0.0531. The molecule has 138 valence electrons. The van der Waals surface area contributed by atoms with Gasteiger partial charge in [-0.2, -0.15) is 0 Å². The van der Waals surface area contributed by atoms with Crippen molar-refractivity contribution >= 4 is 28.8 Å². The van der Waals surface area contributed by atoms with Gasteiger partial charge in [0.15, 0.2) is 0 Å². The fourth-order valence-electron chi connectivity index (χ4n) is 2.52. The van der Waals surface area contributed by atoms with Crippen molar-refractivity contribution < 1.29 is 19.7 Å². The van der Waals surface area contributed by atoms with Crippen LogP contribution in [0.1, 0.15) is 54.9 Å². The van der Waals surface area contributed by atoms with Crippen molar-refractivity contribution in [1.29, 1.82) is 0 Å². The van der Waals surface area contributed by atoms with Gasteiger partial charge in [-0.15, -0.1) is 0 Å². The smallest absolute Gasteiger partial charge is 0.312 e. The van der Waals surface area contributed by atoms with E-state index in [1.807, 2.05) is 50.6 Å². The maximum absolute atomic E-state index is 12.7. The second-order valence-corrected chi connectivity index (χ2v) is 10.0.